The largest absolute Gasteiger partial charge is 0.488 e. The van der Waals surface area contributed by atoms with Crippen molar-refractivity contribution in [3.8, 4) is 17.2 Å². The van der Waals surface area contributed by atoms with Crippen LogP contribution < -0.4 is 19.5 Å². The fourth-order valence-electron chi connectivity index (χ4n) is 2.28. The zero-order valence-corrected chi connectivity index (χ0v) is 13.2. The van der Waals surface area contributed by atoms with E-state index in [4.69, 9.17) is 14.2 Å². The standard InChI is InChI=1S/C18H21NO3/c1-18(2,3)22-15-7-5-4-6-13(15)11-19-14-8-9-16-17(10-14)21-12-20-16/h4-10,19H,11-12H2,1-3H3. The summed E-state index contributed by atoms with van der Waals surface area (Å²) in [5, 5.41) is 3.40. The van der Waals surface area contributed by atoms with Crippen molar-refractivity contribution in [2.75, 3.05) is 12.1 Å². The Kier molecular flexibility index (Phi) is 3.84. The Balaban J connectivity index is 1.71. The van der Waals surface area contributed by atoms with Crippen LogP contribution in [0, 0.1) is 0 Å². The minimum Gasteiger partial charge on any atom is -0.488 e. The Bertz CT molecular complexity index is 662. The van der Waals surface area contributed by atoms with Gasteiger partial charge in [0.05, 0.1) is 0 Å². The van der Waals surface area contributed by atoms with Gasteiger partial charge in [0, 0.05) is 23.9 Å². The highest BCUT2D eigenvalue weighted by Crippen LogP contribution is 2.34. The molecule has 1 N–H and O–H groups in total. The third kappa shape index (κ3) is 3.45. The molecular formula is C18H21NO3. The molecule has 3 rings (SSSR count). The molecule has 1 heterocycles. The zero-order chi connectivity index (χ0) is 15.6. The summed E-state index contributed by atoms with van der Waals surface area (Å²) in [5.41, 5.74) is 1.90. The average Bonchev–Trinajstić information content (AvgIpc) is 2.92. The van der Waals surface area contributed by atoms with E-state index in [-0.39, 0.29) is 5.60 Å². The molecule has 0 unspecified atom stereocenters. The van der Waals surface area contributed by atoms with Crippen LogP contribution in [0.4, 0.5) is 5.69 Å². The average molecular weight is 299 g/mol. The number of fused-ring (bicyclic) bond motifs is 1. The van der Waals surface area contributed by atoms with E-state index in [9.17, 15) is 0 Å². The van der Waals surface area contributed by atoms with E-state index in [1.54, 1.807) is 0 Å². The van der Waals surface area contributed by atoms with Gasteiger partial charge in [-0.25, -0.2) is 0 Å². The molecule has 0 amide bonds. The molecule has 0 atom stereocenters. The van der Waals surface area contributed by atoms with Gasteiger partial charge in [0.2, 0.25) is 6.79 Å². The smallest absolute Gasteiger partial charge is 0.231 e. The first-order chi connectivity index (χ1) is 10.5. The van der Waals surface area contributed by atoms with Gasteiger partial charge in [-0.1, -0.05) is 18.2 Å². The summed E-state index contributed by atoms with van der Waals surface area (Å²) in [5.74, 6) is 2.48. The van der Waals surface area contributed by atoms with Crippen LogP contribution in [0.1, 0.15) is 26.3 Å². The van der Waals surface area contributed by atoms with Crippen molar-refractivity contribution in [3.63, 3.8) is 0 Å². The van der Waals surface area contributed by atoms with Gasteiger partial charge >= 0.3 is 0 Å². The molecule has 0 radical (unpaired) electrons. The monoisotopic (exact) mass is 299 g/mol. The number of benzene rings is 2. The fraction of sp³-hybridized carbons (Fsp3) is 0.333. The molecule has 4 heteroatoms. The molecule has 22 heavy (non-hydrogen) atoms. The minimum absolute atomic E-state index is 0.213. The summed E-state index contributed by atoms with van der Waals surface area (Å²) in [7, 11) is 0. The van der Waals surface area contributed by atoms with Crippen molar-refractivity contribution < 1.29 is 14.2 Å². The number of hydrogen-bond acceptors (Lipinski definition) is 4. The van der Waals surface area contributed by atoms with Gasteiger partial charge in [0.15, 0.2) is 11.5 Å². The van der Waals surface area contributed by atoms with Crippen LogP contribution in [-0.4, -0.2) is 12.4 Å². The summed E-state index contributed by atoms with van der Waals surface area (Å²) in [4.78, 5) is 0. The topological polar surface area (TPSA) is 39.7 Å². The van der Waals surface area contributed by atoms with E-state index in [2.05, 4.69) is 32.2 Å². The Morgan fingerprint density at radius 3 is 2.64 bits per heavy atom. The number of ether oxygens (including phenoxy) is 3. The van der Waals surface area contributed by atoms with Crippen LogP contribution in [0.2, 0.25) is 0 Å². The number of para-hydroxylation sites is 1. The predicted octanol–water partition coefficient (Wildman–Crippen LogP) is 4.20. The maximum Gasteiger partial charge on any atom is 0.231 e. The Hall–Kier alpha value is -2.36. The maximum absolute atomic E-state index is 6.01. The van der Waals surface area contributed by atoms with Crippen LogP contribution in [-0.2, 0) is 6.54 Å². The lowest BCUT2D eigenvalue weighted by Crippen LogP contribution is -2.23. The van der Waals surface area contributed by atoms with Gasteiger partial charge in [-0.3, -0.25) is 0 Å². The van der Waals surface area contributed by atoms with Gasteiger partial charge in [-0.05, 0) is 39.0 Å². The molecule has 1 aliphatic rings. The van der Waals surface area contributed by atoms with Crippen molar-refractivity contribution in [1.82, 2.24) is 0 Å². The lowest BCUT2D eigenvalue weighted by molar-refractivity contribution is 0.129. The molecule has 0 saturated carbocycles. The third-order valence-electron chi connectivity index (χ3n) is 3.24. The molecule has 0 spiro atoms. The van der Waals surface area contributed by atoms with E-state index in [0.717, 1.165) is 28.5 Å². The summed E-state index contributed by atoms with van der Waals surface area (Å²) in [6.07, 6.45) is 0. The first-order valence-electron chi connectivity index (χ1n) is 7.42. The zero-order valence-electron chi connectivity index (χ0n) is 13.2. The van der Waals surface area contributed by atoms with Crippen molar-refractivity contribution in [2.24, 2.45) is 0 Å². The van der Waals surface area contributed by atoms with Gasteiger partial charge < -0.3 is 19.5 Å². The van der Waals surface area contributed by atoms with Crippen LogP contribution in [0.25, 0.3) is 0 Å². The molecule has 0 aliphatic carbocycles. The first-order valence-corrected chi connectivity index (χ1v) is 7.42. The van der Waals surface area contributed by atoms with Crippen molar-refractivity contribution in [3.05, 3.63) is 48.0 Å². The highest BCUT2D eigenvalue weighted by atomic mass is 16.7. The molecule has 0 fully saturated rings. The number of hydrogen-bond donors (Lipinski definition) is 1. The molecule has 2 aromatic carbocycles. The Morgan fingerprint density at radius 2 is 1.82 bits per heavy atom. The Labute approximate surface area is 131 Å². The summed E-state index contributed by atoms with van der Waals surface area (Å²) in [6, 6.07) is 13.9. The molecule has 2 aromatic rings. The van der Waals surface area contributed by atoms with Gasteiger partial charge in [0.25, 0.3) is 0 Å². The highest BCUT2D eigenvalue weighted by molar-refractivity contribution is 5.56. The molecular weight excluding hydrogens is 278 g/mol. The van der Waals surface area contributed by atoms with E-state index in [0.29, 0.717) is 13.3 Å². The third-order valence-corrected chi connectivity index (χ3v) is 3.24. The minimum atomic E-state index is -0.213. The SMILES string of the molecule is CC(C)(C)Oc1ccccc1CNc1ccc2c(c1)OCO2. The molecule has 4 nitrogen and oxygen atoms in total. The molecule has 0 aromatic heterocycles. The maximum atomic E-state index is 6.01. The number of anilines is 1. The fourth-order valence-corrected chi connectivity index (χ4v) is 2.28. The van der Waals surface area contributed by atoms with Crippen molar-refractivity contribution in [1.29, 1.82) is 0 Å². The lowest BCUT2D eigenvalue weighted by atomic mass is 10.1. The normalized spacial score (nSPS) is 13.0. The van der Waals surface area contributed by atoms with E-state index in [1.165, 1.54) is 0 Å². The second kappa shape index (κ2) is 5.79. The summed E-state index contributed by atoms with van der Waals surface area (Å²) < 4.78 is 16.7. The van der Waals surface area contributed by atoms with Crippen LogP contribution in [0.5, 0.6) is 17.2 Å². The predicted molar refractivity (Wildman–Crippen MR) is 86.7 cm³/mol. The quantitative estimate of drug-likeness (QED) is 0.918. The van der Waals surface area contributed by atoms with Crippen molar-refractivity contribution in [2.45, 2.75) is 32.9 Å². The van der Waals surface area contributed by atoms with E-state index < -0.39 is 0 Å². The second-order valence-corrected chi connectivity index (χ2v) is 6.24. The molecule has 1 aliphatic heterocycles. The van der Waals surface area contributed by atoms with Crippen LogP contribution >= 0.6 is 0 Å². The molecule has 0 saturated heterocycles. The number of rotatable bonds is 4. The van der Waals surface area contributed by atoms with Crippen molar-refractivity contribution >= 4 is 5.69 Å². The molecule has 0 bridgehead atoms. The van der Waals surface area contributed by atoms with Gasteiger partial charge in [-0.2, -0.15) is 0 Å². The molecule has 116 valence electrons. The lowest BCUT2D eigenvalue weighted by Gasteiger charge is -2.23. The number of nitrogens with one attached hydrogen (secondary N) is 1. The van der Waals surface area contributed by atoms with Crippen LogP contribution in [0.15, 0.2) is 42.5 Å². The Morgan fingerprint density at radius 1 is 1.05 bits per heavy atom. The van der Waals surface area contributed by atoms with E-state index >= 15 is 0 Å². The second-order valence-electron chi connectivity index (χ2n) is 6.24. The van der Waals surface area contributed by atoms with E-state index in [1.807, 2.05) is 36.4 Å². The summed E-state index contributed by atoms with van der Waals surface area (Å²) in [6.45, 7) is 7.13. The summed E-state index contributed by atoms with van der Waals surface area (Å²) >= 11 is 0. The first kappa shape index (κ1) is 14.6. The highest BCUT2D eigenvalue weighted by Gasteiger charge is 2.15. The van der Waals surface area contributed by atoms with Crippen LogP contribution in [0.3, 0.4) is 0 Å². The van der Waals surface area contributed by atoms with Gasteiger partial charge in [-0.15, -0.1) is 0 Å². The van der Waals surface area contributed by atoms with Gasteiger partial charge in [0.1, 0.15) is 11.4 Å².